The summed E-state index contributed by atoms with van der Waals surface area (Å²) in [6, 6.07) is 26.7. The number of amides is 1. The van der Waals surface area contributed by atoms with Crippen LogP contribution < -0.4 is 0 Å². The number of aromatic nitrogens is 2. The number of carbonyl (C=O) groups excluding carboxylic acids is 1. The van der Waals surface area contributed by atoms with Gasteiger partial charge in [0.25, 0.3) is 0 Å². The van der Waals surface area contributed by atoms with E-state index in [9.17, 15) is 9.18 Å². The van der Waals surface area contributed by atoms with Gasteiger partial charge in [-0.25, -0.2) is 9.37 Å². The van der Waals surface area contributed by atoms with E-state index in [1.54, 1.807) is 23.5 Å². The van der Waals surface area contributed by atoms with E-state index in [1.165, 1.54) is 17.7 Å². The fourth-order valence-corrected chi connectivity index (χ4v) is 5.08. The van der Waals surface area contributed by atoms with Crippen LogP contribution in [0.5, 0.6) is 0 Å². The van der Waals surface area contributed by atoms with Crippen LogP contribution in [0.4, 0.5) is 4.39 Å². The second kappa shape index (κ2) is 10.7. The zero-order chi connectivity index (χ0) is 24.0. The van der Waals surface area contributed by atoms with Crippen molar-refractivity contribution in [3.8, 4) is 11.3 Å². The SMILES string of the molecule is O=C(CCc1ccccc1)N(CCc1csc2nc(-c3ccc(F)cc3)cn12)Cc1ccccc1. The average molecular weight is 484 g/mol. The molecule has 0 spiro atoms. The van der Waals surface area contributed by atoms with Crippen LogP contribution in [0.2, 0.25) is 0 Å². The molecule has 6 heteroatoms. The van der Waals surface area contributed by atoms with Crippen LogP contribution in [0.1, 0.15) is 23.2 Å². The van der Waals surface area contributed by atoms with Gasteiger partial charge in [0.2, 0.25) is 5.91 Å². The maximum absolute atomic E-state index is 13.3. The van der Waals surface area contributed by atoms with Crippen LogP contribution in [0.15, 0.2) is 96.5 Å². The number of benzene rings is 3. The summed E-state index contributed by atoms with van der Waals surface area (Å²) in [6.45, 7) is 1.21. The van der Waals surface area contributed by atoms with Gasteiger partial charge in [-0.2, -0.15) is 0 Å². The molecule has 0 radical (unpaired) electrons. The van der Waals surface area contributed by atoms with Crippen molar-refractivity contribution >= 4 is 22.2 Å². The molecular formula is C29H26FN3OS. The highest BCUT2D eigenvalue weighted by atomic mass is 32.1. The highest BCUT2D eigenvalue weighted by Crippen LogP contribution is 2.24. The molecule has 3 aromatic carbocycles. The molecule has 176 valence electrons. The Kier molecular flexibility index (Phi) is 7.00. The molecule has 0 fully saturated rings. The van der Waals surface area contributed by atoms with Gasteiger partial charge >= 0.3 is 0 Å². The molecule has 5 aromatic rings. The maximum atomic E-state index is 13.3. The zero-order valence-electron chi connectivity index (χ0n) is 19.3. The van der Waals surface area contributed by atoms with Gasteiger partial charge in [0.1, 0.15) is 5.82 Å². The van der Waals surface area contributed by atoms with Gasteiger partial charge in [-0.15, -0.1) is 11.3 Å². The second-order valence-corrected chi connectivity index (χ2v) is 9.39. The standard InChI is InChI=1S/C29H26FN3OS/c30-25-14-12-24(13-15-25)27-20-33-26(21-35-29(33)31-27)17-18-32(19-23-9-5-2-6-10-23)28(34)16-11-22-7-3-1-4-8-22/h1-10,12-15,20-21H,11,16-19H2. The molecule has 1 amide bonds. The topological polar surface area (TPSA) is 37.6 Å². The molecule has 0 atom stereocenters. The van der Waals surface area contributed by atoms with Crippen molar-refractivity contribution in [2.24, 2.45) is 0 Å². The summed E-state index contributed by atoms with van der Waals surface area (Å²) in [5, 5.41) is 2.10. The number of halogens is 1. The van der Waals surface area contributed by atoms with E-state index in [4.69, 9.17) is 4.98 Å². The summed E-state index contributed by atoms with van der Waals surface area (Å²) in [5.74, 6) is -0.104. The Bertz CT molecular complexity index is 1390. The molecule has 0 saturated carbocycles. The number of hydrogen-bond acceptors (Lipinski definition) is 3. The van der Waals surface area contributed by atoms with Gasteiger partial charge in [-0.3, -0.25) is 9.20 Å². The lowest BCUT2D eigenvalue weighted by Gasteiger charge is -2.23. The third-order valence-electron chi connectivity index (χ3n) is 6.10. The van der Waals surface area contributed by atoms with Gasteiger partial charge in [-0.05, 0) is 41.8 Å². The van der Waals surface area contributed by atoms with Gasteiger partial charge in [0.05, 0.1) is 5.69 Å². The van der Waals surface area contributed by atoms with Crippen LogP contribution in [0, 0.1) is 5.82 Å². The van der Waals surface area contributed by atoms with E-state index in [0.29, 0.717) is 19.5 Å². The first-order valence-electron chi connectivity index (χ1n) is 11.7. The first kappa shape index (κ1) is 23.0. The first-order chi connectivity index (χ1) is 17.2. The zero-order valence-corrected chi connectivity index (χ0v) is 20.1. The van der Waals surface area contributed by atoms with E-state index in [2.05, 4.69) is 34.0 Å². The molecule has 0 unspecified atom stereocenters. The summed E-state index contributed by atoms with van der Waals surface area (Å²) < 4.78 is 15.4. The van der Waals surface area contributed by atoms with Crippen LogP contribution in [0.3, 0.4) is 0 Å². The second-order valence-electron chi connectivity index (χ2n) is 8.55. The van der Waals surface area contributed by atoms with Crippen LogP contribution in [0.25, 0.3) is 16.2 Å². The molecule has 35 heavy (non-hydrogen) atoms. The highest BCUT2D eigenvalue weighted by Gasteiger charge is 2.16. The largest absolute Gasteiger partial charge is 0.338 e. The van der Waals surface area contributed by atoms with E-state index < -0.39 is 0 Å². The Morgan fingerprint density at radius 1 is 0.886 bits per heavy atom. The molecule has 4 nitrogen and oxygen atoms in total. The fraction of sp³-hybridized carbons (Fsp3) is 0.172. The molecule has 0 aliphatic heterocycles. The van der Waals surface area contributed by atoms with Crippen molar-refractivity contribution in [1.29, 1.82) is 0 Å². The smallest absolute Gasteiger partial charge is 0.223 e. The van der Waals surface area contributed by atoms with E-state index in [-0.39, 0.29) is 11.7 Å². The predicted molar refractivity (Wildman–Crippen MR) is 139 cm³/mol. The number of thiazole rings is 1. The molecule has 2 heterocycles. The maximum Gasteiger partial charge on any atom is 0.223 e. The van der Waals surface area contributed by atoms with Crippen LogP contribution >= 0.6 is 11.3 Å². The molecule has 5 rings (SSSR count). The first-order valence-corrected chi connectivity index (χ1v) is 12.6. The Morgan fingerprint density at radius 3 is 2.29 bits per heavy atom. The summed E-state index contributed by atoms with van der Waals surface area (Å²) in [7, 11) is 0. The van der Waals surface area contributed by atoms with Gasteiger partial charge in [0, 0.05) is 48.8 Å². The molecule has 0 aliphatic carbocycles. The molecule has 0 bridgehead atoms. The number of aryl methyl sites for hydroxylation is 1. The Labute approximate surface area is 208 Å². The third kappa shape index (κ3) is 5.66. The minimum atomic E-state index is -0.258. The van der Waals surface area contributed by atoms with Crippen molar-refractivity contribution in [3.05, 3.63) is 119 Å². The lowest BCUT2D eigenvalue weighted by molar-refractivity contribution is -0.131. The van der Waals surface area contributed by atoms with Crippen molar-refractivity contribution in [1.82, 2.24) is 14.3 Å². The quantitative estimate of drug-likeness (QED) is 0.243. The minimum Gasteiger partial charge on any atom is -0.338 e. The summed E-state index contributed by atoms with van der Waals surface area (Å²) in [6.07, 6.45) is 3.93. The highest BCUT2D eigenvalue weighted by molar-refractivity contribution is 7.15. The monoisotopic (exact) mass is 483 g/mol. The number of hydrogen-bond donors (Lipinski definition) is 0. The van der Waals surface area contributed by atoms with E-state index in [0.717, 1.165) is 40.3 Å². The Morgan fingerprint density at radius 2 is 1.57 bits per heavy atom. The average Bonchev–Trinajstić information content (AvgIpc) is 3.48. The van der Waals surface area contributed by atoms with Crippen LogP contribution in [-0.4, -0.2) is 26.7 Å². The van der Waals surface area contributed by atoms with Gasteiger partial charge in [0.15, 0.2) is 4.96 Å². The number of imidazole rings is 1. The third-order valence-corrected chi connectivity index (χ3v) is 6.99. The summed E-state index contributed by atoms with van der Waals surface area (Å²) >= 11 is 1.58. The summed E-state index contributed by atoms with van der Waals surface area (Å²) in [5.41, 5.74) is 5.11. The molecule has 0 saturated heterocycles. The number of rotatable bonds is 9. The molecular weight excluding hydrogens is 457 g/mol. The molecule has 0 aliphatic rings. The lowest BCUT2D eigenvalue weighted by Crippen LogP contribution is -2.32. The van der Waals surface area contributed by atoms with Crippen LogP contribution in [-0.2, 0) is 24.2 Å². The lowest BCUT2D eigenvalue weighted by atomic mass is 10.1. The molecule has 2 aromatic heterocycles. The number of carbonyl (C=O) groups is 1. The Hall–Kier alpha value is -3.77. The van der Waals surface area contributed by atoms with Crippen molar-refractivity contribution in [2.45, 2.75) is 25.8 Å². The van der Waals surface area contributed by atoms with Gasteiger partial charge < -0.3 is 4.90 Å². The summed E-state index contributed by atoms with van der Waals surface area (Å²) in [4.78, 5) is 20.8. The minimum absolute atomic E-state index is 0.154. The predicted octanol–water partition coefficient (Wildman–Crippen LogP) is 6.41. The van der Waals surface area contributed by atoms with E-state index in [1.807, 2.05) is 47.5 Å². The van der Waals surface area contributed by atoms with Gasteiger partial charge in [-0.1, -0.05) is 60.7 Å². The fourth-order valence-electron chi connectivity index (χ4n) is 4.17. The molecule has 0 N–H and O–H groups in total. The van der Waals surface area contributed by atoms with Crippen molar-refractivity contribution in [3.63, 3.8) is 0 Å². The number of fused-ring (bicyclic) bond motifs is 1. The van der Waals surface area contributed by atoms with E-state index >= 15 is 0 Å². The van der Waals surface area contributed by atoms with Crippen molar-refractivity contribution < 1.29 is 9.18 Å². The van der Waals surface area contributed by atoms with Crippen molar-refractivity contribution in [2.75, 3.05) is 6.54 Å². The number of nitrogens with zero attached hydrogens (tertiary/aromatic N) is 3. The normalized spacial score (nSPS) is 11.1. The Balaban J connectivity index is 1.31.